The van der Waals surface area contributed by atoms with Gasteiger partial charge in [0.05, 0.1) is 0 Å². The third kappa shape index (κ3) is 1.40. The largest absolute Gasteiger partial charge is 0.337 e. The third-order valence-electron chi connectivity index (χ3n) is 1.76. The zero-order chi connectivity index (χ0) is 8.43. The van der Waals surface area contributed by atoms with Crippen molar-refractivity contribution in [2.75, 3.05) is 0 Å². The van der Waals surface area contributed by atoms with Gasteiger partial charge in [0.2, 0.25) is 0 Å². The Kier molecular flexibility index (Phi) is 2.54. The molecule has 1 rings (SSSR count). The van der Waals surface area contributed by atoms with Crippen molar-refractivity contribution in [1.82, 2.24) is 4.57 Å². The SMILES string of the molecule is Cn1c(CN)cc(CN)c1Cl. The topological polar surface area (TPSA) is 57.0 Å². The van der Waals surface area contributed by atoms with Crippen molar-refractivity contribution >= 4 is 11.6 Å². The predicted molar refractivity (Wildman–Crippen MR) is 46.2 cm³/mol. The van der Waals surface area contributed by atoms with Gasteiger partial charge in [0.25, 0.3) is 0 Å². The molecule has 62 valence electrons. The number of hydrogen-bond donors (Lipinski definition) is 2. The van der Waals surface area contributed by atoms with E-state index in [1.54, 1.807) is 0 Å². The van der Waals surface area contributed by atoms with Crippen molar-refractivity contribution in [3.05, 3.63) is 22.5 Å². The van der Waals surface area contributed by atoms with E-state index in [2.05, 4.69) is 0 Å². The van der Waals surface area contributed by atoms with Crippen LogP contribution in [0.4, 0.5) is 0 Å². The Morgan fingerprint density at radius 3 is 2.36 bits per heavy atom. The van der Waals surface area contributed by atoms with Crippen LogP contribution in [0.2, 0.25) is 5.15 Å². The molecule has 0 aliphatic carbocycles. The van der Waals surface area contributed by atoms with Gasteiger partial charge in [-0.2, -0.15) is 0 Å². The van der Waals surface area contributed by atoms with E-state index in [1.165, 1.54) is 0 Å². The minimum Gasteiger partial charge on any atom is -0.337 e. The van der Waals surface area contributed by atoms with Crippen LogP contribution in [-0.4, -0.2) is 4.57 Å². The first-order chi connectivity index (χ1) is 5.20. The highest BCUT2D eigenvalue weighted by molar-refractivity contribution is 6.30. The monoisotopic (exact) mass is 173 g/mol. The number of rotatable bonds is 2. The lowest BCUT2D eigenvalue weighted by Gasteiger charge is -1.99. The number of nitrogens with zero attached hydrogens (tertiary/aromatic N) is 1. The van der Waals surface area contributed by atoms with E-state index in [1.807, 2.05) is 17.7 Å². The molecule has 0 unspecified atom stereocenters. The highest BCUT2D eigenvalue weighted by atomic mass is 35.5. The van der Waals surface area contributed by atoms with E-state index in [-0.39, 0.29) is 0 Å². The van der Waals surface area contributed by atoms with Gasteiger partial charge >= 0.3 is 0 Å². The first kappa shape index (κ1) is 8.59. The summed E-state index contributed by atoms with van der Waals surface area (Å²) in [7, 11) is 1.88. The summed E-state index contributed by atoms with van der Waals surface area (Å²) >= 11 is 5.92. The van der Waals surface area contributed by atoms with Crippen LogP contribution in [0.5, 0.6) is 0 Å². The lowest BCUT2D eigenvalue weighted by atomic mass is 10.3. The molecule has 0 saturated heterocycles. The van der Waals surface area contributed by atoms with Crippen LogP contribution in [-0.2, 0) is 20.1 Å². The Balaban J connectivity index is 3.12. The van der Waals surface area contributed by atoms with Crippen molar-refractivity contribution in [3.8, 4) is 0 Å². The average Bonchev–Trinajstić information content (AvgIpc) is 2.30. The molecule has 0 spiro atoms. The Hall–Kier alpha value is -0.510. The fourth-order valence-electron chi connectivity index (χ4n) is 1.04. The molecule has 11 heavy (non-hydrogen) atoms. The molecule has 0 amide bonds. The summed E-state index contributed by atoms with van der Waals surface area (Å²) < 4.78 is 1.85. The van der Waals surface area contributed by atoms with Gasteiger partial charge in [-0.3, -0.25) is 0 Å². The second-order valence-corrected chi connectivity index (χ2v) is 2.78. The molecule has 1 heterocycles. The number of aromatic nitrogens is 1. The first-order valence-corrected chi connectivity index (χ1v) is 3.81. The van der Waals surface area contributed by atoms with Gasteiger partial charge in [-0.1, -0.05) is 11.6 Å². The van der Waals surface area contributed by atoms with E-state index in [9.17, 15) is 0 Å². The highest BCUT2D eigenvalue weighted by Gasteiger charge is 2.06. The standard InChI is InChI=1S/C7H12ClN3/c1-11-6(4-10)2-5(3-9)7(11)8/h2H,3-4,9-10H2,1H3. The number of nitrogens with two attached hydrogens (primary N) is 2. The predicted octanol–water partition coefficient (Wildman–Crippen LogP) is 0.596. The molecule has 3 nitrogen and oxygen atoms in total. The molecular formula is C7H12ClN3. The molecular weight excluding hydrogens is 162 g/mol. The molecule has 0 saturated carbocycles. The van der Waals surface area contributed by atoms with Gasteiger partial charge < -0.3 is 16.0 Å². The molecule has 0 aliphatic heterocycles. The molecule has 0 aromatic carbocycles. The Bertz CT molecular complexity index is 230. The molecule has 1 aromatic rings. The normalized spacial score (nSPS) is 10.5. The number of hydrogen-bond acceptors (Lipinski definition) is 2. The van der Waals surface area contributed by atoms with E-state index in [0.29, 0.717) is 18.2 Å². The fraction of sp³-hybridized carbons (Fsp3) is 0.429. The summed E-state index contributed by atoms with van der Waals surface area (Å²) in [5.41, 5.74) is 12.9. The fourth-order valence-corrected chi connectivity index (χ4v) is 1.28. The average molecular weight is 174 g/mol. The molecule has 0 fully saturated rings. The van der Waals surface area contributed by atoms with Crippen LogP contribution in [0.1, 0.15) is 11.3 Å². The molecule has 0 aliphatic rings. The Morgan fingerprint density at radius 1 is 1.45 bits per heavy atom. The van der Waals surface area contributed by atoms with E-state index < -0.39 is 0 Å². The smallest absolute Gasteiger partial charge is 0.113 e. The maximum Gasteiger partial charge on any atom is 0.113 e. The van der Waals surface area contributed by atoms with Crippen molar-refractivity contribution in [2.24, 2.45) is 18.5 Å². The minimum atomic E-state index is 0.465. The summed E-state index contributed by atoms with van der Waals surface area (Å²) in [6.45, 7) is 0.961. The second-order valence-electron chi connectivity index (χ2n) is 2.42. The lowest BCUT2D eigenvalue weighted by molar-refractivity contribution is 0.823. The molecule has 4 heteroatoms. The summed E-state index contributed by atoms with van der Waals surface area (Å²) in [5, 5.41) is 0.688. The molecule has 0 bridgehead atoms. The third-order valence-corrected chi connectivity index (χ3v) is 2.26. The summed E-state index contributed by atoms with van der Waals surface area (Å²) in [6.07, 6.45) is 0. The van der Waals surface area contributed by atoms with Crippen LogP contribution in [0.3, 0.4) is 0 Å². The lowest BCUT2D eigenvalue weighted by Crippen LogP contribution is -2.02. The minimum absolute atomic E-state index is 0.465. The molecule has 0 radical (unpaired) electrons. The van der Waals surface area contributed by atoms with E-state index >= 15 is 0 Å². The molecule has 4 N–H and O–H groups in total. The zero-order valence-electron chi connectivity index (χ0n) is 6.47. The van der Waals surface area contributed by atoms with Crippen molar-refractivity contribution in [1.29, 1.82) is 0 Å². The van der Waals surface area contributed by atoms with E-state index in [0.717, 1.165) is 11.3 Å². The van der Waals surface area contributed by atoms with Crippen molar-refractivity contribution in [3.63, 3.8) is 0 Å². The van der Waals surface area contributed by atoms with Gasteiger partial charge in [0.15, 0.2) is 0 Å². The maximum absolute atomic E-state index is 5.92. The summed E-state index contributed by atoms with van der Waals surface area (Å²) in [5.74, 6) is 0. The van der Waals surface area contributed by atoms with Gasteiger partial charge in [-0.25, -0.2) is 0 Å². The van der Waals surface area contributed by atoms with Crippen LogP contribution in [0, 0.1) is 0 Å². The first-order valence-electron chi connectivity index (χ1n) is 3.43. The van der Waals surface area contributed by atoms with Crippen LogP contribution < -0.4 is 11.5 Å². The zero-order valence-corrected chi connectivity index (χ0v) is 7.23. The van der Waals surface area contributed by atoms with Gasteiger partial charge in [0.1, 0.15) is 5.15 Å². The quantitative estimate of drug-likeness (QED) is 0.688. The van der Waals surface area contributed by atoms with Crippen molar-refractivity contribution in [2.45, 2.75) is 13.1 Å². The number of halogens is 1. The Morgan fingerprint density at radius 2 is 2.09 bits per heavy atom. The van der Waals surface area contributed by atoms with Crippen molar-refractivity contribution < 1.29 is 0 Å². The van der Waals surface area contributed by atoms with E-state index in [4.69, 9.17) is 23.1 Å². The van der Waals surface area contributed by atoms with Gasteiger partial charge in [-0.05, 0) is 6.07 Å². The highest BCUT2D eigenvalue weighted by Crippen LogP contribution is 2.19. The van der Waals surface area contributed by atoms with Crippen LogP contribution in [0.25, 0.3) is 0 Å². The molecule has 0 atom stereocenters. The summed E-state index contributed by atoms with van der Waals surface area (Å²) in [6, 6.07) is 1.93. The van der Waals surface area contributed by atoms with Crippen LogP contribution in [0.15, 0.2) is 6.07 Å². The van der Waals surface area contributed by atoms with Gasteiger partial charge in [0, 0.05) is 31.4 Å². The van der Waals surface area contributed by atoms with Gasteiger partial charge in [-0.15, -0.1) is 0 Å². The van der Waals surface area contributed by atoms with Crippen LogP contribution >= 0.6 is 11.6 Å². The Labute approximate surface area is 70.9 Å². The summed E-state index contributed by atoms with van der Waals surface area (Å²) in [4.78, 5) is 0. The maximum atomic E-state index is 5.92. The second kappa shape index (κ2) is 3.26. The molecule has 1 aromatic heterocycles.